The van der Waals surface area contributed by atoms with Gasteiger partial charge in [-0.15, -0.1) is 26.5 Å². The Morgan fingerprint density at radius 1 is 1.71 bits per heavy atom. The van der Waals surface area contributed by atoms with Crippen molar-refractivity contribution in [2.24, 2.45) is 5.73 Å². The van der Waals surface area contributed by atoms with Crippen LogP contribution in [0.4, 0.5) is 0 Å². The molecule has 0 saturated carbocycles. The number of hydrogen-bond donors (Lipinski definition) is 1. The summed E-state index contributed by atoms with van der Waals surface area (Å²) in [4.78, 5) is 0. The Labute approximate surface area is 82.3 Å². The van der Waals surface area contributed by atoms with E-state index in [9.17, 15) is 0 Å². The first-order valence-electron chi connectivity index (χ1n) is 1.94. The Hall–Kier alpha value is 1.74. The SMILES string of the molecule is [CH2-]C(I)CCN.[U]. The largest absolute Gasteiger partial charge is 0.331 e. The van der Waals surface area contributed by atoms with Gasteiger partial charge in [-0.05, 0) is 6.54 Å². The summed E-state index contributed by atoms with van der Waals surface area (Å²) < 4.78 is 0.493. The van der Waals surface area contributed by atoms with Crippen molar-refractivity contribution in [3.63, 3.8) is 0 Å². The molecule has 0 saturated heterocycles. The Morgan fingerprint density at radius 2 is 2.14 bits per heavy atom. The second-order valence-electron chi connectivity index (χ2n) is 1.17. The molecule has 1 unspecified atom stereocenters. The summed E-state index contributed by atoms with van der Waals surface area (Å²) in [6.07, 6.45) is 1.03. The molecule has 42 valence electrons. The average Bonchev–Trinajstić information content (AvgIpc) is 1.35. The molecule has 2 N–H and O–H groups in total. The summed E-state index contributed by atoms with van der Waals surface area (Å²) in [5, 5.41) is 0. The van der Waals surface area contributed by atoms with Gasteiger partial charge >= 0.3 is 0 Å². The van der Waals surface area contributed by atoms with Gasteiger partial charge in [-0.1, -0.05) is 6.42 Å². The minimum Gasteiger partial charge on any atom is -0.331 e. The number of alkyl halides is 1. The quantitative estimate of drug-likeness (QED) is 0.390. The first kappa shape index (κ1) is 11.5. The molecule has 0 aliphatic rings. The van der Waals surface area contributed by atoms with Gasteiger partial charge in [0, 0.05) is 31.1 Å². The standard InChI is InChI=1S/C4H9IN.U/c1-4(5)2-3-6;/h4H,1-3,6H2;/q-1;. The van der Waals surface area contributed by atoms with Crippen LogP contribution in [0, 0.1) is 38.0 Å². The normalized spacial score (nSPS) is 12.4. The van der Waals surface area contributed by atoms with E-state index in [0.717, 1.165) is 13.0 Å². The Kier molecular flexibility index (Phi) is 12.7. The molecule has 1 atom stereocenters. The molecule has 0 heterocycles. The fraction of sp³-hybridized carbons (Fsp3) is 0.750. The third-order valence-corrected chi connectivity index (χ3v) is 1.10. The van der Waals surface area contributed by atoms with E-state index in [0.29, 0.717) is 3.92 Å². The molecule has 1 nitrogen and oxygen atoms in total. The van der Waals surface area contributed by atoms with Crippen LogP contribution in [0.15, 0.2) is 0 Å². The van der Waals surface area contributed by atoms with Gasteiger partial charge in [0.05, 0.1) is 0 Å². The zero-order valence-corrected chi connectivity index (χ0v) is 10.5. The number of rotatable bonds is 2. The molecule has 0 spiro atoms. The van der Waals surface area contributed by atoms with Gasteiger partial charge in [-0.3, -0.25) is 0 Å². The summed E-state index contributed by atoms with van der Waals surface area (Å²) in [6, 6.07) is 0. The Bertz CT molecular complexity index is 32.9. The van der Waals surface area contributed by atoms with E-state index in [-0.39, 0.29) is 31.1 Å². The van der Waals surface area contributed by atoms with Crippen LogP contribution in [0.25, 0.3) is 0 Å². The van der Waals surface area contributed by atoms with Crippen LogP contribution in [0.5, 0.6) is 0 Å². The zero-order valence-electron chi connectivity index (χ0n) is 4.15. The van der Waals surface area contributed by atoms with Crippen molar-refractivity contribution in [2.45, 2.75) is 10.3 Å². The van der Waals surface area contributed by atoms with Gasteiger partial charge in [-0.25, -0.2) is 0 Å². The van der Waals surface area contributed by atoms with Crippen molar-refractivity contribution >= 4 is 22.6 Å². The third-order valence-electron chi connectivity index (χ3n) is 0.480. The summed E-state index contributed by atoms with van der Waals surface area (Å²) in [6.45, 7) is 4.50. The predicted octanol–water partition coefficient (Wildman–Crippen LogP) is 0.973. The maximum absolute atomic E-state index is 5.18. The van der Waals surface area contributed by atoms with E-state index in [4.69, 9.17) is 5.73 Å². The van der Waals surface area contributed by atoms with Crippen molar-refractivity contribution < 1.29 is 31.1 Å². The fourth-order valence-electron chi connectivity index (χ4n) is 0.181. The fourth-order valence-corrected chi connectivity index (χ4v) is 0.540. The summed E-state index contributed by atoms with van der Waals surface area (Å²) in [5.41, 5.74) is 5.18. The summed E-state index contributed by atoms with van der Waals surface area (Å²) >= 11 is 2.25. The molecular formula is C4H9INU-. The molecule has 0 rings (SSSR count). The van der Waals surface area contributed by atoms with Gasteiger partial charge < -0.3 is 12.7 Å². The van der Waals surface area contributed by atoms with Crippen molar-refractivity contribution in [3.8, 4) is 0 Å². The van der Waals surface area contributed by atoms with E-state index >= 15 is 0 Å². The van der Waals surface area contributed by atoms with E-state index in [1.807, 2.05) is 0 Å². The molecular weight excluding hydrogens is 427 g/mol. The van der Waals surface area contributed by atoms with Crippen molar-refractivity contribution in [1.29, 1.82) is 0 Å². The smallest absolute Gasteiger partial charge is 0 e. The van der Waals surface area contributed by atoms with Crippen molar-refractivity contribution in [3.05, 3.63) is 6.92 Å². The monoisotopic (exact) mass is 436 g/mol. The molecule has 0 aromatic rings. The summed E-state index contributed by atoms with van der Waals surface area (Å²) in [5.74, 6) is 0. The molecule has 0 amide bonds. The molecule has 0 aromatic heterocycles. The Morgan fingerprint density at radius 3 is 2.14 bits per heavy atom. The van der Waals surface area contributed by atoms with E-state index < -0.39 is 0 Å². The van der Waals surface area contributed by atoms with Gasteiger partial charge in [0.25, 0.3) is 0 Å². The predicted molar refractivity (Wildman–Crippen MR) is 36.8 cm³/mol. The minimum atomic E-state index is 0. The van der Waals surface area contributed by atoms with Gasteiger partial charge in [0.2, 0.25) is 0 Å². The third kappa shape index (κ3) is 11.4. The van der Waals surface area contributed by atoms with Crippen LogP contribution in [0.2, 0.25) is 0 Å². The zero-order chi connectivity index (χ0) is 4.99. The van der Waals surface area contributed by atoms with Crippen LogP contribution in [0.3, 0.4) is 0 Å². The molecule has 0 radical (unpaired) electrons. The topological polar surface area (TPSA) is 26.0 Å². The first-order chi connectivity index (χ1) is 2.77. The first-order valence-corrected chi connectivity index (χ1v) is 3.19. The molecule has 0 aliphatic carbocycles. The van der Waals surface area contributed by atoms with Gasteiger partial charge in [0.1, 0.15) is 0 Å². The van der Waals surface area contributed by atoms with Gasteiger partial charge in [0.15, 0.2) is 0 Å². The number of nitrogens with two attached hydrogens (primary N) is 1. The number of halogens is 1. The van der Waals surface area contributed by atoms with E-state index in [1.54, 1.807) is 0 Å². The van der Waals surface area contributed by atoms with Crippen molar-refractivity contribution in [2.75, 3.05) is 6.54 Å². The maximum Gasteiger partial charge on any atom is 0 e. The van der Waals surface area contributed by atoms with Gasteiger partial charge in [-0.2, -0.15) is 0 Å². The minimum absolute atomic E-state index is 0. The van der Waals surface area contributed by atoms with Crippen LogP contribution in [-0.2, 0) is 0 Å². The second-order valence-corrected chi connectivity index (χ2v) is 2.94. The van der Waals surface area contributed by atoms with Crippen LogP contribution in [-0.4, -0.2) is 10.5 Å². The van der Waals surface area contributed by atoms with Crippen LogP contribution in [0.1, 0.15) is 6.42 Å². The molecule has 0 aliphatic heterocycles. The maximum atomic E-state index is 5.18. The second kappa shape index (κ2) is 7.74. The Balaban J connectivity index is 0. The van der Waals surface area contributed by atoms with E-state index in [2.05, 4.69) is 29.5 Å². The molecule has 0 fully saturated rings. The molecule has 0 aromatic carbocycles. The van der Waals surface area contributed by atoms with E-state index in [1.165, 1.54) is 0 Å². The molecule has 0 bridgehead atoms. The summed E-state index contributed by atoms with van der Waals surface area (Å²) in [7, 11) is 0. The number of hydrogen-bond acceptors (Lipinski definition) is 1. The molecule has 3 heteroatoms. The van der Waals surface area contributed by atoms with Crippen LogP contribution < -0.4 is 5.73 Å². The molecule has 7 heavy (non-hydrogen) atoms. The van der Waals surface area contributed by atoms with Crippen LogP contribution >= 0.6 is 22.6 Å². The van der Waals surface area contributed by atoms with Crippen molar-refractivity contribution in [1.82, 2.24) is 0 Å². The average molecular weight is 436 g/mol.